The molecule has 3 atom stereocenters. The summed E-state index contributed by atoms with van der Waals surface area (Å²) in [6, 6.07) is 0.805. The molecule has 0 aromatic heterocycles. The molecule has 3 unspecified atom stereocenters. The minimum Gasteiger partial charge on any atom is -0.329 e. The van der Waals surface area contributed by atoms with Crippen molar-refractivity contribution in [2.24, 2.45) is 17.6 Å². The Balaban J connectivity index is 2.17. The molecule has 1 aliphatic carbocycles. The number of rotatable bonds is 4. The Kier molecular flexibility index (Phi) is 5.30. The molecule has 1 aliphatic heterocycles. The molecule has 2 nitrogen and oxygen atoms in total. The zero-order valence-corrected chi connectivity index (χ0v) is 13.3. The SMILES string of the molecule is CCCC1CCCCN1C1(CN)CC(C)CC(C)C1. The van der Waals surface area contributed by atoms with E-state index < -0.39 is 0 Å². The van der Waals surface area contributed by atoms with E-state index in [0.717, 1.165) is 24.4 Å². The highest BCUT2D eigenvalue weighted by Gasteiger charge is 2.44. The van der Waals surface area contributed by atoms with Crippen LogP contribution in [0.2, 0.25) is 0 Å². The van der Waals surface area contributed by atoms with Gasteiger partial charge in [-0.05, 0) is 56.9 Å². The van der Waals surface area contributed by atoms with Crippen molar-refractivity contribution >= 4 is 0 Å². The molecule has 0 spiro atoms. The molecular weight excluding hydrogens is 232 g/mol. The van der Waals surface area contributed by atoms with Crippen molar-refractivity contribution in [2.75, 3.05) is 13.1 Å². The second kappa shape index (κ2) is 6.58. The fourth-order valence-electron chi connectivity index (χ4n) is 5.01. The summed E-state index contributed by atoms with van der Waals surface area (Å²) in [5.41, 5.74) is 6.63. The first-order chi connectivity index (χ1) is 9.11. The highest BCUT2D eigenvalue weighted by molar-refractivity contribution is 5.00. The minimum atomic E-state index is 0.317. The Labute approximate surface area is 120 Å². The predicted octanol–water partition coefficient (Wildman–Crippen LogP) is 3.79. The Morgan fingerprint density at radius 3 is 2.42 bits per heavy atom. The molecule has 19 heavy (non-hydrogen) atoms. The van der Waals surface area contributed by atoms with Crippen LogP contribution in [0.15, 0.2) is 0 Å². The van der Waals surface area contributed by atoms with Gasteiger partial charge in [-0.2, -0.15) is 0 Å². The van der Waals surface area contributed by atoms with Crippen LogP contribution in [-0.2, 0) is 0 Å². The first-order valence-electron chi connectivity index (χ1n) is 8.58. The van der Waals surface area contributed by atoms with E-state index in [2.05, 4.69) is 25.7 Å². The van der Waals surface area contributed by atoms with Gasteiger partial charge < -0.3 is 5.73 Å². The predicted molar refractivity (Wildman–Crippen MR) is 83.2 cm³/mol. The molecule has 0 aromatic rings. The summed E-state index contributed by atoms with van der Waals surface area (Å²) < 4.78 is 0. The van der Waals surface area contributed by atoms with Crippen molar-refractivity contribution in [3.63, 3.8) is 0 Å². The maximum absolute atomic E-state index is 6.31. The molecule has 0 amide bonds. The maximum Gasteiger partial charge on any atom is 0.0339 e. The fourth-order valence-corrected chi connectivity index (χ4v) is 5.01. The van der Waals surface area contributed by atoms with Crippen molar-refractivity contribution in [1.29, 1.82) is 0 Å². The quantitative estimate of drug-likeness (QED) is 0.838. The lowest BCUT2D eigenvalue weighted by Gasteiger charge is -2.54. The van der Waals surface area contributed by atoms with Gasteiger partial charge in [0.2, 0.25) is 0 Å². The highest BCUT2D eigenvalue weighted by atomic mass is 15.2. The van der Waals surface area contributed by atoms with Crippen molar-refractivity contribution in [3.05, 3.63) is 0 Å². The van der Waals surface area contributed by atoms with Gasteiger partial charge in [-0.1, -0.05) is 33.6 Å². The van der Waals surface area contributed by atoms with Crippen LogP contribution in [-0.4, -0.2) is 29.6 Å². The van der Waals surface area contributed by atoms with Crippen LogP contribution in [0.3, 0.4) is 0 Å². The standard InChI is InChI=1S/C17H34N2/c1-4-7-16-8-5-6-9-19(16)17(13-18)11-14(2)10-15(3)12-17/h14-16H,4-13,18H2,1-3H3. The van der Waals surface area contributed by atoms with Crippen LogP contribution < -0.4 is 5.73 Å². The molecular formula is C17H34N2. The Bertz CT molecular complexity index is 264. The van der Waals surface area contributed by atoms with Gasteiger partial charge in [0.1, 0.15) is 0 Å². The Hall–Kier alpha value is -0.0800. The third-order valence-electron chi connectivity index (χ3n) is 5.50. The number of nitrogens with two attached hydrogens (primary N) is 1. The lowest BCUT2D eigenvalue weighted by atomic mass is 9.69. The number of likely N-dealkylation sites (tertiary alicyclic amines) is 1. The lowest BCUT2D eigenvalue weighted by molar-refractivity contribution is -0.0306. The first kappa shape index (κ1) is 15.3. The summed E-state index contributed by atoms with van der Waals surface area (Å²) >= 11 is 0. The van der Waals surface area contributed by atoms with Crippen LogP contribution >= 0.6 is 0 Å². The second-order valence-corrected chi connectivity index (χ2v) is 7.41. The van der Waals surface area contributed by atoms with E-state index in [4.69, 9.17) is 5.73 Å². The Morgan fingerprint density at radius 1 is 1.16 bits per heavy atom. The van der Waals surface area contributed by atoms with Gasteiger partial charge >= 0.3 is 0 Å². The van der Waals surface area contributed by atoms with Crippen LogP contribution in [0, 0.1) is 11.8 Å². The van der Waals surface area contributed by atoms with Gasteiger partial charge in [0.15, 0.2) is 0 Å². The molecule has 2 fully saturated rings. The van der Waals surface area contributed by atoms with E-state index in [1.807, 2.05) is 0 Å². The highest BCUT2D eigenvalue weighted by Crippen LogP contribution is 2.42. The largest absolute Gasteiger partial charge is 0.329 e. The van der Waals surface area contributed by atoms with Crippen LogP contribution in [0.1, 0.15) is 72.1 Å². The first-order valence-corrected chi connectivity index (χ1v) is 8.58. The summed E-state index contributed by atoms with van der Waals surface area (Å²) in [5, 5.41) is 0. The summed E-state index contributed by atoms with van der Waals surface area (Å²) in [5.74, 6) is 1.69. The van der Waals surface area contributed by atoms with Crippen molar-refractivity contribution in [3.8, 4) is 0 Å². The van der Waals surface area contributed by atoms with Crippen LogP contribution in [0.25, 0.3) is 0 Å². The van der Waals surface area contributed by atoms with Crippen LogP contribution in [0.4, 0.5) is 0 Å². The molecule has 1 saturated heterocycles. The summed E-state index contributed by atoms with van der Waals surface area (Å²) in [6.07, 6.45) is 10.9. The van der Waals surface area contributed by atoms with Gasteiger partial charge in [0.25, 0.3) is 0 Å². The summed E-state index contributed by atoms with van der Waals surface area (Å²) in [6.45, 7) is 9.34. The average molecular weight is 266 g/mol. The molecule has 1 heterocycles. The summed E-state index contributed by atoms with van der Waals surface area (Å²) in [7, 11) is 0. The van der Waals surface area contributed by atoms with Gasteiger partial charge in [-0.25, -0.2) is 0 Å². The lowest BCUT2D eigenvalue weighted by Crippen LogP contribution is -2.61. The number of piperidine rings is 1. The molecule has 2 aliphatic rings. The molecule has 1 saturated carbocycles. The molecule has 0 aromatic carbocycles. The molecule has 0 radical (unpaired) electrons. The fraction of sp³-hybridized carbons (Fsp3) is 1.00. The smallest absolute Gasteiger partial charge is 0.0339 e. The monoisotopic (exact) mass is 266 g/mol. The molecule has 0 bridgehead atoms. The number of nitrogens with zero attached hydrogens (tertiary/aromatic N) is 1. The van der Waals surface area contributed by atoms with Gasteiger partial charge in [0.05, 0.1) is 0 Å². The van der Waals surface area contributed by atoms with E-state index in [1.54, 1.807) is 0 Å². The van der Waals surface area contributed by atoms with E-state index in [-0.39, 0.29) is 0 Å². The number of hydrogen-bond donors (Lipinski definition) is 1. The minimum absolute atomic E-state index is 0.317. The average Bonchev–Trinajstić information content (AvgIpc) is 2.38. The van der Waals surface area contributed by atoms with Crippen LogP contribution in [0.5, 0.6) is 0 Å². The summed E-state index contributed by atoms with van der Waals surface area (Å²) in [4.78, 5) is 2.85. The van der Waals surface area contributed by atoms with E-state index in [1.165, 1.54) is 57.9 Å². The van der Waals surface area contributed by atoms with E-state index >= 15 is 0 Å². The van der Waals surface area contributed by atoms with Gasteiger partial charge in [0, 0.05) is 18.1 Å². The van der Waals surface area contributed by atoms with Gasteiger partial charge in [-0.3, -0.25) is 4.90 Å². The maximum atomic E-state index is 6.31. The zero-order chi connectivity index (χ0) is 13.9. The third-order valence-corrected chi connectivity index (χ3v) is 5.50. The Morgan fingerprint density at radius 2 is 1.84 bits per heavy atom. The molecule has 112 valence electrons. The second-order valence-electron chi connectivity index (χ2n) is 7.41. The van der Waals surface area contributed by atoms with E-state index in [0.29, 0.717) is 5.54 Å². The molecule has 2 heteroatoms. The van der Waals surface area contributed by atoms with Gasteiger partial charge in [-0.15, -0.1) is 0 Å². The van der Waals surface area contributed by atoms with Crippen molar-refractivity contribution in [1.82, 2.24) is 4.90 Å². The third kappa shape index (κ3) is 3.33. The number of hydrogen-bond acceptors (Lipinski definition) is 2. The topological polar surface area (TPSA) is 29.3 Å². The zero-order valence-electron chi connectivity index (χ0n) is 13.3. The van der Waals surface area contributed by atoms with Crippen molar-refractivity contribution in [2.45, 2.75) is 83.7 Å². The van der Waals surface area contributed by atoms with E-state index in [9.17, 15) is 0 Å². The normalized spacial score (nSPS) is 41.4. The molecule has 2 N–H and O–H groups in total. The van der Waals surface area contributed by atoms with Crippen molar-refractivity contribution < 1.29 is 0 Å². The molecule has 2 rings (SSSR count).